The number of ether oxygens (including phenoxy) is 1. The molecule has 0 heterocycles. The minimum Gasteiger partial charge on any atom is -0.381 e. The van der Waals surface area contributed by atoms with Crippen molar-refractivity contribution in [3.8, 4) is 0 Å². The number of alkyl halides is 1. The predicted octanol–water partition coefficient (Wildman–Crippen LogP) is 3.21. The van der Waals surface area contributed by atoms with Crippen LogP contribution >= 0.6 is 11.6 Å². The van der Waals surface area contributed by atoms with Crippen LogP contribution in [-0.4, -0.2) is 18.6 Å². The molecule has 1 unspecified atom stereocenters. The van der Waals surface area contributed by atoms with Gasteiger partial charge in [-0.3, -0.25) is 0 Å². The molecule has 1 nitrogen and oxygen atoms in total. The van der Waals surface area contributed by atoms with Crippen molar-refractivity contribution in [1.82, 2.24) is 0 Å². The Kier molecular flexibility index (Phi) is 4.38. The van der Waals surface area contributed by atoms with E-state index in [0.717, 1.165) is 12.3 Å². The van der Waals surface area contributed by atoms with Gasteiger partial charge in [0.2, 0.25) is 0 Å². The molecule has 1 aliphatic rings. The van der Waals surface area contributed by atoms with Crippen LogP contribution in [-0.2, 0) is 4.74 Å². The summed E-state index contributed by atoms with van der Waals surface area (Å²) in [6.07, 6.45) is 6.50. The van der Waals surface area contributed by atoms with Crippen LogP contribution in [0.2, 0.25) is 0 Å². The summed E-state index contributed by atoms with van der Waals surface area (Å²) in [5, 5.41) is 0.391. The molecule has 72 valence electrons. The molecule has 0 radical (unpaired) electrons. The van der Waals surface area contributed by atoms with Gasteiger partial charge in [-0.2, -0.15) is 0 Å². The van der Waals surface area contributed by atoms with Crippen LogP contribution < -0.4 is 0 Å². The molecule has 0 amide bonds. The van der Waals surface area contributed by atoms with E-state index in [-0.39, 0.29) is 0 Å². The van der Waals surface area contributed by atoms with Gasteiger partial charge in [-0.25, -0.2) is 0 Å². The molecule has 0 aliphatic heterocycles. The summed E-state index contributed by atoms with van der Waals surface area (Å²) >= 11 is 6.19. The van der Waals surface area contributed by atoms with E-state index in [4.69, 9.17) is 16.3 Å². The highest BCUT2D eigenvalue weighted by molar-refractivity contribution is 6.20. The number of hydrogen-bond acceptors (Lipinski definition) is 1. The SMILES string of the molecule is CCC(Cl)C1CCC(OC)CC1. The third kappa shape index (κ3) is 2.63. The van der Waals surface area contributed by atoms with E-state index in [9.17, 15) is 0 Å². The van der Waals surface area contributed by atoms with Crippen molar-refractivity contribution in [2.75, 3.05) is 7.11 Å². The van der Waals surface area contributed by atoms with Crippen molar-refractivity contribution in [3.05, 3.63) is 0 Å². The van der Waals surface area contributed by atoms with Gasteiger partial charge in [-0.1, -0.05) is 6.92 Å². The molecule has 0 spiro atoms. The average molecular weight is 191 g/mol. The monoisotopic (exact) mass is 190 g/mol. The summed E-state index contributed by atoms with van der Waals surface area (Å²) in [6, 6.07) is 0. The van der Waals surface area contributed by atoms with Crippen LogP contribution in [0.15, 0.2) is 0 Å². The fourth-order valence-electron chi connectivity index (χ4n) is 2.02. The number of hydrogen-bond donors (Lipinski definition) is 0. The van der Waals surface area contributed by atoms with Gasteiger partial charge in [0, 0.05) is 12.5 Å². The fraction of sp³-hybridized carbons (Fsp3) is 1.00. The third-order valence-corrected chi connectivity index (χ3v) is 3.62. The Labute approximate surface area is 80.4 Å². The second-order valence-electron chi connectivity index (χ2n) is 3.70. The average Bonchev–Trinajstić information content (AvgIpc) is 2.17. The Morgan fingerprint density at radius 2 is 1.92 bits per heavy atom. The zero-order valence-electron chi connectivity index (χ0n) is 8.05. The zero-order valence-corrected chi connectivity index (χ0v) is 8.81. The van der Waals surface area contributed by atoms with Gasteiger partial charge in [-0.05, 0) is 38.0 Å². The molecule has 12 heavy (non-hydrogen) atoms. The molecule has 1 fully saturated rings. The maximum Gasteiger partial charge on any atom is 0.0571 e. The lowest BCUT2D eigenvalue weighted by atomic mass is 9.84. The maximum atomic E-state index is 6.19. The van der Waals surface area contributed by atoms with Gasteiger partial charge in [0.25, 0.3) is 0 Å². The topological polar surface area (TPSA) is 9.23 Å². The summed E-state index contributed by atoms with van der Waals surface area (Å²) in [6.45, 7) is 2.17. The highest BCUT2D eigenvalue weighted by Crippen LogP contribution is 2.31. The Bertz CT molecular complexity index is 119. The van der Waals surface area contributed by atoms with Crippen LogP contribution in [0.4, 0.5) is 0 Å². The van der Waals surface area contributed by atoms with E-state index < -0.39 is 0 Å². The Morgan fingerprint density at radius 3 is 2.33 bits per heavy atom. The van der Waals surface area contributed by atoms with Gasteiger partial charge in [0.1, 0.15) is 0 Å². The minimum absolute atomic E-state index is 0.391. The predicted molar refractivity (Wildman–Crippen MR) is 52.7 cm³/mol. The molecule has 2 heteroatoms. The summed E-state index contributed by atoms with van der Waals surface area (Å²) in [5.74, 6) is 0.739. The summed E-state index contributed by atoms with van der Waals surface area (Å²) in [5.41, 5.74) is 0. The zero-order chi connectivity index (χ0) is 8.97. The van der Waals surface area contributed by atoms with Crippen LogP contribution in [0.5, 0.6) is 0 Å². The van der Waals surface area contributed by atoms with Crippen molar-refractivity contribution in [1.29, 1.82) is 0 Å². The van der Waals surface area contributed by atoms with Crippen LogP contribution in [0.1, 0.15) is 39.0 Å². The van der Waals surface area contributed by atoms with Crippen LogP contribution in [0.3, 0.4) is 0 Å². The molecule has 0 bridgehead atoms. The van der Waals surface area contributed by atoms with Crippen molar-refractivity contribution < 1.29 is 4.74 Å². The highest BCUT2D eigenvalue weighted by atomic mass is 35.5. The van der Waals surface area contributed by atoms with Gasteiger partial charge in [0.05, 0.1) is 6.10 Å². The second kappa shape index (κ2) is 5.08. The molecule has 0 aromatic rings. The third-order valence-electron chi connectivity index (χ3n) is 2.95. The van der Waals surface area contributed by atoms with Crippen LogP contribution in [0, 0.1) is 5.92 Å². The smallest absolute Gasteiger partial charge is 0.0571 e. The first-order valence-electron chi connectivity index (χ1n) is 4.94. The molecule has 0 aromatic carbocycles. The molecule has 0 N–H and O–H groups in total. The van der Waals surface area contributed by atoms with Crippen molar-refractivity contribution in [2.45, 2.75) is 50.5 Å². The first-order chi connectivity index (χ1) is 5.77. The van der Waals surface area contributed by atoms with E-state index in [2.05, 4.69) is 6.92 Å². The van der Waals surface area contributed by atoms with E-state index in [1.165, 1.54) is 25.7 Å². The lowest BCUT2D eigenvalue weighted by Gasteiger charge is -2.29. The molecule has 1 atom stereocenters. The van der Waals surface area contributed by atoms with Gasteiger partial charge in [-0.15, -0.1) is 11.6 Å². The van der Waals surface area contributed by atoms with Crippen molar-refractivity contribution in [3.63, 3.8) is 0 Å². The van der Waals surface area contributed by atoms with Gasteiger partial charge in [0.15, 0.2) is 0 Å². The van der Waals surface area contributed by atoms with Gasteiger partial charge >= 0.3 is 0 Å². The van der Waals surface area contributed by atoms with Crippen molar-refractivity contribution in [2.24, 2.45) is 5.92 Å². The summed E-state index contributed by atoms with van der Waals surface area (Å²) in [7, 11) is 1.81. The van der Waals surface area contributed by atoms with Crippen molar-refractivity contribution >= 4 is 11.6 Å². The fourth-order valence-corrected chi connectivity index (χ4v) is 2.27. The Hall–Kier alpha value is 0.250. The molecule has 1 rings (SSSR count). The van der Waals surface area contributed by atoms with E-state index in [1.807, 2.05) is 7.11 Å². The molecule has 0 aromatic heterocycles. The van der Waals surface area contributed by atoms with Crippen LogP contribution in [0.25, 0.3) is 0 Å². The standard InChI is InChI=1S/C10H19ClO/c1-3-10(11)8-4-6-9(12-2)7-5-8/h8-10H,3-7H2,1-2H3. The summed E-state index contributed by atoms with van der Waals surface area (Å²) < 4.78 is 5.31. The minimum atomic E-state index is 0.391. The Balaban J connectivity index is 2.25. The molecule has 0 saturated heterocycles. The summed E-state index contributed by atoms with van der Waals surface area (Å²) in [4.78, 5) is 0. The molecular weight excluding hydrogens is 172 g/mol. The maximum absolute atomic E-state index is 6.19. The number of halogens is 1. The first-order valence-corrected chi connectivity index (χ1v) is 5.38. The quantitative estimate of drug-likeness (QED) is 0.621. The Morgan fingerprint density at radius 1 is 1.33 bits per heavy atom. The first kappa shape index (κ1) is 10.3. The van der Waals surface area contributed by atoms with E-state index in [1.54, 1.807) is 0 Å². The number of rotatable bonds is 3. The van der Waals surface area contributed by atoms with E-state index >= 15 is 0 Å². The normalized spacial score (nSPS) is 33.2. The largest absolute Gasteiger partial charge is 0.381 e. The van der Waals surface area contributed by atoms with Gasteiger partial charge < -0.3 is 4.74 Å². The number of methoxy groups -OCH3 is 1. The lowest BCUT2D eigenvalue weighted by molar-refractivity contribution is 0.0560. The molecule has 1 aliphatic carbocycles. The molecule has 1 saturated carbocycles. The second-order valence-corrected chi connectivity index (χ2v) is 4.26. The molecular formula is C10H19ClO. The van der Waals surface area contributed by atoms with E-state index in [0.29, 0.717) is 11.5 Å². The highest BCUT2D eigenvalue weighted by Gasteiger charge is 2.24. The lowest BCUT2D eigenvalue weighted by Crippen LogP contribution is -2.25.